The van der Waals surface area contributed by atoms with Gasteiger partial charge in [0.25, 0.3) is 0 Å². The van der Waals surface area contributed by atoms with Gasteiger partial charge in [0.15, 0.2) is 0 Å². The molecule has 0 unspecified atom stereocenters. The molecule has 2 nitrogen and oxygen atoms in total. The van der Waals surface area contributed by atoms with Crippen molar-refractivity contribution in [1.29, 1.82) is 0 Å². The quantitative estimate of drug-likeness (QED) is 0.859. The van der Waals surface area contributed by atoms with Gasteiger partial charge in [-0.05, 0) is 48.8 Å². The third-order valence-corrected chi connectivity index (χ3v) is 4.50. The Morgan fingerprint density at radius 1 is 1.25 bits per heavy atom. The molecule has 0 bridgehead atoms. The first kappa shape index (κ1) is 15.8. The van der Waals surface area contributed by atoms with Crippen LogP contribution >= 0.6 is 11.6 Å². The molecule has 0 aliphatic carbocycles. The number of hydrogen-bond acceptors (Lipinski definition) is 2. The van der Waals surface area contributed by atoms with E-state index in [1.807, 2.05) is 12.1 Å². The molecule has 1 aliphatic heterocycles. The summed E-state index contributed by atoms with van der Waals surface area (Å²) in [5.41, 5.74) is 1.56. The monoisotopic (exact) mass is 295 g/mol. The minimum Gasteiger partial charge on any atom is -0.381 e. The second-order valence-corrected chi connectivity index (χ2v) is 6.81. The predicted molar refractivity (Wildman–Crippen MR) is 85.3 cm³/mol. The van der Waals surface area contributed by atoms with Crippen LogP contribution in [-0.4, -0.2) is 26.3 Å². The fraction of sp³-hybridized carbons (Fsp3) is 0.647. The lowest BCUT2D eigenvalue weighted by Gasteiger charge is -2.38. The van der Waals surface area contributed by atoms with Crippen molar-refractivity contribution in [1.82, 2.24) is 5.32 Å². The van der Waals surface area contributed by atoms with Crippen molar-refractivity contribution in [2.45, 2.75) is 33.1 Å². The highest BCUT2D eigenvalue weighted by Crippen LogP contribution is 2.35. The highest BCUT2D eigenvalue weighted by atomic mass is 35.5. The summed E-state index contributed by atoms with van der Waals surface area (Å²) in [4.78, 5) is 0. The van der Waals surface area contributed by atoms with E-state index in [1.165, 1.54) is 5.56 Å². The van der Waals surface area contributed by atoms with Gasteiger partial charge in [-0.3, -0.25) is 0 Å². The summed E-state index contributed by atoms with van der Waals surface area (Å²) in [5, 5.41) is 4.53. The summed E-state index contributed by atoms with van der Waals surface area (Å²) in [6, 6.07) is 8.22. The molecule has 1 N–H and O–H groups in total. The molecule has 1 aromatic carbocycles. The zero-order valence-electron chi connectivity index (χ0n) is 12.6. The maximum Gasteiger partial charge on any atom is 0.0471 e. The van der Waals surface area contributed by atoms with E-state index in [4.69, 9.17) is 16.3 Å². The van der Waals surface area contributed by atoms with Gasteiger partial charge < -0.3 is 10.1 Å². The van der Waals surface area contributed by atoms with Crippen molar-refractivity contribution >= 4 is 11.6 Å². The molecular formula is C17H26ClNO. The van der Waals surface area contributed by atoms with Crippen LogP contribution in [-0.2, 0) is 11.2 Å². The average Bonchev–Trinajstić information content (AvgIpc) is 2.42. The lowest BCUT2D eigenvalue weighted by Crippen LogP contribution is -2.41. The van der Waals surface area contributed by atoms with Crippen LogP contribution in [0.15, 0.2) is 24.3 Å². The Labute approximate surface area is 127 Å². The van der Waals surface area contributed by atoms with Crippen LogP contribution < -0.4 is 5.32 Å². The Morgan fingerprint density at radius 2 is 1.95 bits per heavy atom. The van der Waals surface area contributed by atoms with Crippen LogP contribution in [0, 0.1) is 11.3 Å². The molecule has 0 amide bonds. The van der Waals surface area contributed by atoms with E-state index in [1.54, 1.807) is 0 Å². The van der Waals surface area contributed by atoms with E-state index < -0.39 is 0 Å². The van der Waals surface area contributed by atoms with Crippen molar-refractivity contribution in [2.75, 3.05) is 26.3 Å². The molecule has 2 rings (SSSR count). The normalized spacial score (nSPS) is 18.4. The second-order valence-electron chi connectivity index (χ2n) is 6.41. The van der Waals surface area contributed by atoms with E-state index in [0.717, 1.165) is 50.6 Å². The molecular weight excluding hydrogens is 270 g/mol. The number of halogens is 1. The summed E-state index contributed by atoms with van der Waals surface area (Å²) in [6.07, 6.45) is 3.27. The number of hydrogen-bond donors (Lipinski definition) is 1. The van der Waals surface area contributed by atoms with Gasteiger partial charge in [0.05, 0.1) is 0 Å². The van der Waals surface area contributed by atoms with Crippen LogP contribution in [0.4, 0.5) is 0 Å². The molecule has 112 valence electrons. The van der Waals surface area contributed by atoms with E-state index in [9.17, 15) is 0 Å². The number of benzene rings is 1. The topological polar surface area (TPSA) is 21.3 Å². The van der Waals surface area contributed by atoms with Crippen LogP contribution in [0.25, 0.3) is 0 Å². The maximum atomic E-state index is 6.34. The van der Waals surface area contributed by atoms with E-state index in [-0.39, 0.29) is 5.41 Å². The molecule has 1 saturated heterocycles. The van der Waals surface area contributed by atoms with Crippen LogP contribution in [0.5, 0.6) is 0 Å². The van der Waals surface area contributed by atoms with Gasteiger partial charge in [0.2, 0.25) is 0 Å². The van der Waals surface area contributed by atoms with Crippen molar-refractivity contribution in [3.05, 3.63) is 34.9 Å². The van der Waals surface area contributed by atoms with Gasteiger partial charge in [-0.15, -0.1) is 0 Å². The third-order valence-electron chi connectivity index (χ3n) is 4.13. The van der Waals surface area contributed by atoms with E-state index >= 15 is 0 Å². The third kappa shape index (κ3) is 4.47. The van der Waals surface area contributed by atoms with Gasteiger partial charge in [-0.1, -0.05) is 43.6 Å². The first-order valence-corrected chi connectivity index (χ1v) is 8.01. The molecule has 1 heterocycles. The molecule has 1 aromatic rings. The van der Waals surface area contributed by atoms with Gasteiger partial charge in [-0.2, -0.15) is 0 Å². The van der Waals surface area contributed by atoms with Gasteiger partial charge in [0.1, 0.15) is 0 Å². The second kappa shape index (κ2) is 7.44. The standard InChI is InChI=1S/C17H26ClNO/c1-14(2)12-19-13-17(7-9-20-10-8-17)11-15-5-3-4-6-16(15)18/h3-6,14,19H,7-13H2,1-2H3. The predicted octanol–water partition coefficient (Wildman–Crippen LogP) is 3.92. The fourth-order valence-electron chi connectivity index (χ4n) is 2.89. The molecule has 3 heteroatoms. The zero-order chi connectivity index (χ0) is 14.4. The van der Waals surface area contributed by atoms with E-state index in [0.29, 0.717) is 5.92 Å². The Bertz CT molecular complexity index is 413. The van der Waals surface area contributed by atoms with Crippen molar-refractivity contribution in [3.63, 3.8) is 0 Å². The van der Waals surface area contributed by atoms with Gasteiger partial charge in [-0.25, -0.2) is 0 Å². The van der Waals surface area contributed by atoms with Crippen LogP contribution in [0.3, 0.4) is 0 Å². The Hall–Kier alpha value is -0.570. The first-order chi connectivity index (χ1) is 9.61. The summed E-state index contributed by atoms with van der Waals surface area (Å²) in [5.74, 6) is 0.687. The highest BCUT2D eigenvalue weighted by molar-refractivity contribution is 6.31. The highest BCUT2D eigenvalue weighted by Gasteiger charge is 2.33. The number of ether oxygens (including phenoxy) is 1. The van der Waals surface area contributed by atoms with Crippen LogP contribution in [0.1, 0.15) is 32.3 Å². The van der Waals surface area contributed by atoms with Gasteiger partial charge >= 0.3 is 0 Å². The minimum atomic E-state index is 0.290. The Kier molecular flexibility index (Phi) is 5.88. The molecule has 20 heavy (non-hydrogen) atoms. The van der Waals surface area contributed by atoms with Crippen molar-refractivity contribution in [2.24, 2.45) is 11.3 Å². The molecule has 1 aliphatic rings. The molecule has 0 spiro atoms. The molecule has 1 fully saturated rings. The van der Waals surface area contributed by atoms with E-state index in [2.05, 4.69) is 31.3 Å². The minimum absolute atomic E-state index is 0.290. The summed E-state index contributed by atoms with van der Waals surface area (Å²) in [6.45, 7) is 8.36. The fourth-order valence-corrected chi connectivity index (χ4v) is 3.09. The summed E-state index contributed by atoms with van der Waals surface area (Å²) >= 11 is 6.34. The first-order valence-electron chi connectivity index (χ1n) is 7.63. The number of nitrogens with one attached hydrogen (secondary N) is 1. The maximum absolute atomic E-state index is 6.34. The molecule has 0 atom stereocenters. The lowest BCUT2D eigenvalue weighted by atomic mass is 9.75. The van der Waals surface area contributed by atoms with Crippen LogP contribution in [0.2, 0.25) is 5.02 Å². The Morgan fingerprint density at radius 3 is 2.60 bits per heavy atom. The van der Waals surface area contributed by atoms with Crippen molar-refractivity contribution in [3.8, 4) is 0 Å². The lowest BCUT2D eigenvalue weighted by molar-refractivity contribution is 0.0147. The summed E-state index contributed by atoms with van der Waals surface area (Å²) < 4.78 is 5.56. The molecule has 0 aromatic heterocycles. The molecule has 0 radical (unpaired) electrons. The Balaban J connectivity index is 2.04. The largest absolute Gasteiger partial charge is 0.381 e. The van der Waals surface area contributed by atoms with Gasteiger partial charge in [0, 0.05) is 24.8 Å². The smallest absolute Gasteiger partial charge is 0.0471 e. The number of rotatable bonds is 6. The SMILES string of the molecule is CC(C)CNCC1(Cc2ccccc2Cl)CCOCC1. The zero-order valence-corrected chi connectivity index (χ0v) is 13.4. The van der Waals surface area contributed by atoms with Crippen molar-refractivity contribution < 1.29 is 4.74 Å². The molecule has 0 saturated carbocycles. The average molecular weight is 296 g/mol. The summed E-state index contributed by atoms with van der Waals surface area (Å²) in [7, 11) is 0.